The number of amides is 1. The lowest BCUT2D eigenvalue weighted by Gasteiger charge is -2.35. The van der Waals surface area contributed by atoms with Gasteiger partial charge in [0.15, 0.2) is 0 Å². The predicted octanol–water partition coefficient (Wildman–Crippen LogP) is -0.192. The smallest absolute Gasteiger partial charge is 0.237 e. The Labute approximate surface area is 97.8 Å². The molecule has 0 aromatic heterocycles. The van der Waals surface area contributed by atoms with Crippen molar-refractivity contribution in [3.63, 3.8) is 0 Å². The van der Waals surface area contributed by atoms with E-state index in [9.17, 15) is 4.79 Å². The van der Waals surface area contributed by atoms with Gasteiger partial charge in [-0.15, -0.1) is 6.42 Å². The number of rotatable bonds is 4. The number of nitrogens with one attached hydrogen (secondary N) is 2. The first kappa shape index (κ1) is 13.0. The highest BCUT2D eigenvalue weighted by atomic mass is 16.2. The van der Waals surface area contributed by atoms with Gasteiger partial charge in [0, 0.05) is 12.6 Å². The molecular weight excluding hydrogens is 202 g/mol. The third-order valence-electron chi connectivity index (χ3n) is 3.15. The Morgan fingerprint density at radius 2 is 2.44 bits per heavy atom. The van der Waals surface area contributed by atoms with E-state index in [0.29, 0.717) is 12.6 Å². The molecule has 2 N–H and O–H groups in total. The third-order valence-corrected chi connectivity index (χ3v) is 3.15. The number of piperidine rings is 1. The van der Waals surface area contributed by atoms with Gasteiger partial charge in [-0.25, -0.2) is 0 Å². The lowest BCUT2D eigenvalue weighted by molar-refractivity contribution is -0.126. The molecule has 1 amide bonds. The molecule has 0 spiro atoms. The Balaban J connectivity index is 2.43. The van der Waals surface area contributed by atoms with Crippen LogP contribution in [0.3, 0.4) is 0 Å². The van der Waals surface area contributed by atoms with Crippen LogP contribution < -0.4 is 10.6 Å². The summed E-state index contributed by atoms with van der Waals surface area (Å²) in [6.45, 7) is 4.17. The molecule has 0 saturated carbocycles. The first-order chi connectivity index (χ1) is 7.69. The molecule has 0 radical (unpaired) electrons. The highest BCUT2D eigenvalue weighted by molar-refractivity contribution is 5.81. The molecular formula is C12H21N3O. The first-order valence-corrected chi connectivity index (χ1v) is 5.81. The van der Waals surface area contributed by atoms with Gasteiger partial charge in [-0.3, -0.25) is 9.69 Å². The summed E-state index contributed by atoms with van der Waals surface area (Å²) in [5.74, 6) is 2.44. The Morgan fingerprint density at radius 3 is 3.06 bits per heavy atom. The molecule has 1 fully saturated rings. The van der Waals surface area contributed by atoms with E-state index in [0.717, 1.165) is 19.5 Å². The minimum absolute atomic E-state index is 0.0229. The zero-order valence-corrected chi connectivity index (χ0v) is 10.1. The van der Waals surface area contributed by atoms with Gasteiger partial charge in [-0.05, 0) is 33.4 Å². The molecule has 2 atom stereocenters. The highest BCUT2D eigenvalue weighted by Gasteiger charge is 2.26. The lowest BCUT2D eigenvalue weighted by Crippen LogP contribution is -2.52. The monoisotopic (exact) mass is 223 g/mol. The van der Waals surface area contributed by atoms with Crippen molar-refractivity contribution in [3.05, 3.63) is 0 Å². The standard InChI is InChI=1S/C12H21N3O/c1-4-7-14-12(16)10(2)15-8-5-6-11(9-15)13-3/h1,10-11,13H,5-9H2,2-3H3,(H,14,16). The van der Waals surface area contributed by atoms with Crippen LogP contribution in [-0.2, 0) is 4.79 Å². The lowest BCUT2D eigenvalue weighted by atomic mass is 10.0. The molecule has 1 saturated heterocycles. The van der Waals surface area contributed by atoms with Gasteiger partial charge in [0.25, 0.3) is 0 Å². The minimum Gasteiger partial charge on any atom is -0.344 e. The van der Waals surface area contributed by atoms with Crippen LogP contribution in [0.25, 0.3) is 0 Å². The molecule has 90 valence electrons. The topological polar surface area (TPSA) is 44.4 Å². The van der Waals surface area contributed by atoms with Crippen LogP contribution in [0.15, 0.2) is 0 Å². The minimum atomic E-state index is -0.0931. The number of hydrogen-bond donors (Lipinski definition) is 2. The van der Waals surface area contributed by atoms with Crippen LogP contribution >= 0.6 is 0 Å². The van der Waals surface area contributed by atoms with Crippen molar-refractivity contribution in [2.24, 2.45) is 0 Å². The molecule has 1 rings (SSSR count). The van der Waals surface area contributed by atoms with Gasteiger partial charge in [-0.2, -0.15) is 0 Å². The molecule has 4 nitrogen and oxygen atoms in total. The average Bonchev–Trinajstić information content (AvgIpc) is 2.35. The Kier molecular flexibility index (Phi) is 5.30. The first-order valence-electron chi connectivity index (χ1n) is 5.81. The predicted molar refractivity (Wildman–Crippen MR) is 65.0 cm³/mol. The SMILES string of the molecule is C#CCNC(=O)C(C)N1CCCC(NC)C1. The van der Waals surface area contributed by atoms with E-state index in [1.165, 1.54) is 6.42 Å². The van der Waals surface area contributed by atoms with Gasteiger partial charge in [0.2, 0.25) is 5.91 Å². The van der Waals surface area contributed by atoms with E-state index >= 15 is 0 Å². The maximum absolute atomic E-state index is 11.7. The summed E-state index contributed by atoms with van der Waals surface area (Å²) in [5.41, 5.74) is 0. The van der Waals surface area contributed by atoms with Crippen LogP contribution in [0, 0.1) is 12.3 Å². The maximum atomic E-state index is 11.7. The molecule has 1 aliphatic rings. The summed E-state index contributed by atoms with van der Waals surface area (Å²) < 4.78 is 0. The summed E-state index contributed by atoms with van der Waals surface area (Å²) in [4.78, 5) is 13.9. The molecule has 1 heterocycles. The normalized spacial score (nSPS) is 23.4. The zero-order valence-electron chi connectivity index (χ0n) is 10.1. The molecule has 0 aromatic carbocycles. The van der Waals surface area contributed by atoms with Gasteiger partial charge in [0.1, 0.15) is 0 Å². The Bertz CT molecular complexity index is 272. The number of likely N-dealkylation sites (N-methyl/N-ethyl adjacent to an activating group) is 1. The second kappa shape index (κ2) is 6.51. The van der Waals surface area contributed by atoms with E-state index in [1.807, 2.05) is 14.0 Å². The molecule has 0 bridgehead atoms. The summed E-state index contributed by atoms with van der Waals surface area (Å²) in [7, 11) is 1.97. The van der Waals surface area contributed by atoms with Crippen LogP contribution in [0.5, 0.6) is 0 Å². The number of likely N-dealkylation sites (tertiary alicyclic amines) is 1. The Hall–Kier alpha value is -1.05. The summed E-state index contributed by atoms with van der Waals surface area (Å²) in [6, 6.07) is 0.404. The number of terminal acetylenes is 1. The molecule has 4 heteroatoms. The van der Waals surface area contributed by atoms with E-state index in [2.05, 4.69) is 21.5 Å². The summed E-state index contributed by atoms with van der Waals surface area (Å²) in [6.07, 6.45) is 7.43. The van der Waals surface area contributed by atoms with Crippen molar-refractivity contribution in [1.82, 2.24) is 15.5 Å². The highest BCUT2D eigenvalue weighted by Crippen LogP contribution is 2.12. The molecule has 0 aromatic rings. The van der Waals surface area contributed by atoms with Crippen molar-refractivity contribution < 1.29 is 4.79 Å². The van der Waals surface area contributed by atoms with Crippen LogP contribution in [-0.4, -0.2) is 49.6 Å². The fourth-order valence-corrected chi connectivity index (χ4v) is 2.05. The summed E-state index contributed by atoms with van der Waals surface area (Å²) in [5, 5.41) is 5.99. The van der Waals surface area contributed by atoms with Crippen LogP contribution in [0.4, 0.5) is 0 Å². The van der Waals surface area contributed by atoms with Crippen LogP contribution in [0.2, 0.25) is 0 Å². The van der Waals surface area contributed by atoms with Gasteiger partial charge < -0.3 is 10.6 Å². The molecule has 2 unspecified atom stereocenters. The molecule has 16 heavy (non-hydrogen) atoms. The van der Waals surface area contributed by atoms with Gasteiger partial charge in [-0.1, -0.05) is 5.92 Å². The van der Waals surface area contributed by atoms with Crippen molar-refractivity contribution in [1.29, 1.82) is 0 Å². The number of hydrogen-bond acceptors (Lipinski definition) is 3. The van der Waals surface area contributed by atoms with Crippen molar-refractivity contribution in [2.75, 3.05) is 26.7 Å². The molecule has 1 aliphatic heterocycles. The van der Waals surface area contributed by atoms with E-state index < -0.39 is 0 Å². The molecule has 0 aliphatic carbocycles. The van der Waals surface area contributed by atoms with E-state index in [1.54, 1.807) is 0 Å². The Morgan fingerprint density at radius 1 is 1.69 bits per heavy atom. The fraction of sp³-hybridized carbons (Fsp3) is 0.750. The largest absolute Gasteiger partial charge is 0.344 e. The third kappa shape index (κ3) is 3.51. The van der Waals surface area contributed by atoms with Gasteiger partial charge >= 0.3 is 0 Å². The van der Waals surface area contributed by atoms with Crippen LogP contribution in [0.1, 0.15) is 19.8 Å². The van der Waals surface area contributed by atoms with E-state index in [-0.39, 0.29) is 11.9 Å². The number of carbonyl (C=O) groups is 1. The van der Waals surface area contributed by atoms with E-state index in [4.69, 9.17) is 6.42 Å². The van der Waals surface area contributed by atoms with Crippen molar-refractivity contribution in [3.8, 4) is 12.3 Å². The van der Waals surface area contributed by atoms with Gasteiger partial charge in [0.05, 0.1) is 12.6 Å². The number of carbonyl (C=O) groups excluding carboxylic acids is 1. The van der Waals surface area contributed by atoms with Crippen molar-refractivity contribution in [2.45, 2.75) is 31.8 Å². The van der Waals surface area contributed by atoms with Crippen molar-refractivity contribution >= 4 is 5.91 Å². The fourth-order valence-electron chi connectivity index (χ4n) is 2.05. The summed E-state index contributed by atoms with van der Waals surface area (Å²) >= 11 is 0. The average molecular weight is 223 g/mol. The maximum Gasteiger partial charge on any atom is 0.237 e. The second-order valence-corrected chi connectivity index (χ2v) is 4.22. The number of nitrogens with zero attached hydrogens (tertiary/aromatic N) is 1. The quantitative estimate of drug-likeness (QED) is 0.649. The second-order valence-electron chi connectivity index (χ2n) is 4.22. The zero-order chi connectivity index (χ0) is 12.0.